The predicted molar refractivity (Wildman–Crippen MR) is 205 cm³/mol. The summed E-state index contributed by atoms with van der Waals surface area (Å²) in [6, 6.07) is 2.92. The molecule has 20 nitrogen and oxygen atoms in total. The molecule has 0 fully saturated rings. The zero-order valence-electron chi connectivity index (χ0n) is 32.8. The van der Waals surface area contributed by atoms with Crippen molar-refractivity contribution in [3.63, 3.8) is 0 Å². The maximum atomic E-state index is 14.9. The Hall–Kier alpha value is -6.31. The van der Waals surface area contributed by atoms with Crippen LogP contribution in [-0.2, 0) is 25.5 Å². The number of H-pyrrole nitrogens is 1. The molecule has 3 rings (SSSR count). The highest BCUT2D eigenvalue weighted by molar-refractivity contribution is 6.06. The minimum absolute atomic E-state index is 0.0379. The topological polar surface area (TPSA) is 282 Å². The van der Waals surface area contributed by atoms with Gasteiger partial charge in [0.1, 0.15) is 29.1 Å². The van der Waals surface area contributed by atoms with E-state index in [0.29, 0.717) is 18.2 Å². The van der Waals surface area contributed by atoms with Crippen LogP contribution in [0.2, 0.25) is 0 Å². The molecule has 0 saturated carbocycles. The van der Waals surface area contributed by atoms with E-state index in [1.54, 1.807) is 60.6 Å². The summed E-state index contributed by atoms with van der Waals surface area (Å²) in [7, 11) is 0. The van der Waals surface area contributed by atoms with Gasteiger partial charge in [-0.2, -0.15) is 0 Å². The number of imide groups is 1. The molecule has 5 amide bonds. The lowest BCUT2D eigenvalue weighted by molar-refractivity contribution is -0.393. The third-order valence-electron chi connectivity index (χ3n) is 8.66. The number of nitro groups is 2. The molecule has 0 spiro atoms. The van der Waals surface area contributed by atoms with E-state index in [1.807, 2.05) is 0 Å². The van der Waals surface area contributed by atoms with Crippen molar-refractivity contribution in [1.82, 2.24) is 30.9 Å². The number of alkyl carbamates (subject to hydrolysis) is 1. The van der Waals surface area contributed by atoms with Gasteiger partial charge < -0.3 is 25.5 Å². The zero-order valence-corrected chi connectivity index (χ0v) is 32.8. The van der Waals surface area contributed by atoms with Gasteiger partial charge in [-0.3, -0.25) is 54.6 Å². The number of ether oxygens (including phenoxy) is 1. The molecule has 0 aliphatic heterocycles. The number of aliphatic hydroxyl groups excluding tert-OH is 1. The van der Waals surface area contributed by atoms with Crippen LogP contribution in [0.1, 0.15) is 83.9 Å². The van der Waals surface area contributed by atoms with E-state index in [4.69, 9.17) is 4.74 Å². The Kier molecular flexibility index (Phi) is 15.8. The lowest BCUT2D eigenvalue weighted by Crippen LogP contribution is -2.57. The van der Waals surface area contributed by atoms with Crippen LogP contribution in [0, 0.1) is 32.1 Å². The first-order chi connectivity index (χ1) is 26.7. The Labute approximate surface area is 328 Å². The van der Waals surface area contributed by atoms with E-state index in [-0.39, 0.29) is 24.5 Å². The summed E-state index contributed by atoms with van der Waals surface area (Å²) in [6.45, 7) is 11.7. The minimum atomic E-state index is -1.78. The normalized spacial score (nSPS) is 14.0. The number of hydrogen-bond acceptors (Lipinski definition) is 13. The van der Waals surface area contributed by atoms with Crippen molar-refractivity contribution < 1.29 is 43.7 Å². The molecule has 3 aromatic rings. The molecule has 0 radical (unpaired) electrons. The van der Waals surface area contributed by atoms with E-state index >= 15 is 0 Å². The van der Waals surface area contributed by atoms with Crippen molar-refractivity contribution in [3.05, 3.63) is 86.7 Å². The fraction of sp³-hybridized carbons (Fsp3) is 0.486. The lowest BCUT2D eigenvalue weighted by atomic mass is 9.93. The number of aliphatic hydroxyl groups is 1. The Balaban J connectivity index is 2.10. The quantitative estimate of drug-likeness (QED) is 0.0907. The highest BCUT2D eigenvalue weighted by atomic mass is 16.6. The molecular formula is C37H49N9O11. The number of amides is 5. The van der Waals surface area contributed by atoms with Crippen molar-refractivity contribution in [2.45, 2.75) is 104 Å². The van der Waals surface area contributed by atoms with Gasteiger partial charge >= 0.3 is 6.09 Å². The molecule has 2 aromatic heterocycles. The number of benzene rings is 1. The molecule has 57 heavy (non-hydrogen) atoms. The highest BCUT2D eigenvalue weighted by Crippen LogP contribution is 2.36. The summed E-state index contributed by atoms with van der Waals surface area (Å²) in [5.74, 6) is -4.34. The molecule has 2 heterocycles. The van der Waals surface area contributed by atoms with Gasteiger partial charge in [0.05, 0.1) is 40.8 Å². The number of nitrogens with zero attached hydrogens (tertiary/aromatic N) is 5. The highest BCUT2D eigenvalue weighted by Gasteiger charge is 2.41. The van der Waals surface area contributed by atoms with Crippen molar-refractivity contribution in [1.29, 1.82) is 0 Å². The van der Waals surface area contributed by atoms with Gasteiger partial charge in [0, 0.05) is 30.6 Å². The second kappa shape index (κ2) is 20.0. The molecule has 0 unspecified atom stereocenters. The van der Waals surface area contributed by atoms with Gasteiger partial charge in [0.25, 0.3) is 23.2 Å². The number of carbonyl (C=O) groups is 5. The molecule has 0 aliphatic rings. The number of pyridine rings is 1. The molecule has 0 aliphatic carbocycles. The van der Waals surface area contributed by atoms with Crippen LogP contribution in [0.15, 0.2) is 55.1 Å². The van der Waals surface area contributed by atoms with Crippen LogP contribution < -0.4 is 20.9 Å². The smallest absolute Gasteiger partial charge is 0.408 e. The summed E-state index contributed by atoms with van der Waals surface area (Å²) in [5.41, 5.74) is -2.67. The van der Waals surface area contributed by atoms with E-state index in [0.717, 1.165) is 17.0 Å². The minimum Gasteiger partial charge on any atom is -0.444 e. The fourth-order valence-electron chi connectivity index (χ4n) is 5.80. The average molecular weight is 796 g/mol. The van der Waals surface area contributed by atoms with Gasteiger partial charge in [-0.05, 0) is 57.2 Å². The molecule has 0 bridgehead atoms. The van der Waals surface area contributed by atoms with Gasteiger partial charge in [0.2, 0.25) is 11.8 Å². The van der Waals surface area contributed by atoms with Gasteiger partial charge in [-0.25, -0.2) is 9.78 Å². The van der Waals surface area contributed by atoms with Crippen LogP contribution in [0.4, 0.5) is 21.9 Å². The monoisotopic (exact) mass is 795 g/mol. The number of rotatable bonds is 18. The number of aromatic amines is 1. The number of hydrogen-bond donors (Lipinski definition) is 5. The van der Waals surface area contributed by atoms with Crippen LogP contribution in [-0.4, -0.2) is 89.5 Å². The second-order valence-corrected chi connectivity index (χ2v) is 14.8. The van der Waals surface area contributed by atoms with E-state index in [1.165, 1.54) is 24.8 Å². The zero-order chi connectivity index (χ0) is 42.6. The van der Waals surface area contributed by atoms with Crippen LogP contribution in [0.5, 0.6) is 0 Å². The SMILES string of the molecule is CC[C@H](C)[C@H](NC(=O)C[C@H](O)[C@H](CC(C)C)N(C(=O)[C@H](Cc1cnc[nH]1)NC(=O)OC(C)(C)C)c1ccc([N+](=O)[O-])cc1[N+](=O)[O-])C(=O)NC(=O)c1ccccn1. The Morgan fingerprint density at radius 3 is 2.26 bits per heavy atom. The van der Waals surface area contributed by atoms with Gasteiger partial charge in [-0.15, -0.1) is 0 Å². The number of non-ortho nitro benzene ring substituents is 1. The lowest BCUT2D eigenvalue weighted by Gasteiger charge is -2.38. The fourth-order valence-corrected chi connectivity index (χ4v) is 5.80. The van der Waals surface area contributed by atoms with E-state index in [2.05, 4.69) is 30.9 Å². The van der Waals surface area contributed by atoms with Crippen molar-refractivity contribution in [2.75, 3.05) is 4.90 Å². The number of anilines is 1. The summed E-state index contributed by atoms with van der Waals surface area (Å²) in [6.07, 6.45) is 0.599. The number of aromatic nitrogens is 3. The summed E-state index contributed by atoms with van der Waals surface area (Å²) in [5, 5.41) is 43.3. The maximum absolute atomic E-state index is 14.9. The first kappa shape index (κ1) is 45.1. The maximum Gasteiger partial charge on any atom is 0.408 e. The number of nitro benzene ring substituents is 2. The van der Waals surface area contributed by atoms with Crippen molar-refractivity contribution in [3.8, 4) is 0 Å². The number of nitrogens with one attached hydrogen (secondary N) is 4. The van der Waals surface area contributed by atoms with Crippen LogP contribution in [0.25, 0.3) is 0 Å². The largest absolute Gasteiger partial charge is 0.444 e. The molecule has 1 aromatic carbocycles. The Morgan fingerprint density at radius 2 is 1.72 bits per heavy atom. The first-order valence-corrected chi connectivity index (χ1v) is 18.2. The molecule has 308 valence electrons. The van der Waals surface area contributed by atoms with E-state index < -0.39 is 98.8 Å². The average Bonchev–Trinajstić information content (AvgIpc) is 3.65. The number of imidazole rings is 1. The molecule has 5 atom stereocenters. The summed E-state index contributed by atoms with van der Waals surface area (Å²) < 4.78 is 5.40. The van der Waals surface area contributed by atoms with Crippen LogP contribution >= 0.6 is 0 Å². The Bertz CT molecular complexity index is 1900. The molecule has 5 N–H and O–H groups in total. The van der Waals surface area contributed by atoms with Gasteiger partial charge in [0.15, 0.2) is 0 Å². The summed E-state index contributed by atoms with van der Waals surface area (Å²) in [4.78, 5) is 102. The predicted octanol–water partition coefficient (Wildman–Crippen LogP) is 3.74. The van der Waals surface area contributed by atoms with Crippen molar-refractivity contribution >= 4 is 46.8 Å². The standard InChI is InChI=1S/C37H49N9O11/c1-8-22(4)32(34(50)43-33(49)25-11-9-10-14-39-25)42-31(48)18-30(47)29(15-21(2)3)44(27-13-12-24(45(53)54)17-28(27)46(55)56)35(51)26(16-23-19-38-20-40-23)41-36(52)57-37(5,6)7/h9-14,17,19-22,26,29-30,32,47H,8,15-16,18H2,1-7H3,(H,38,40)(H,41,52)(H,42,48)(H,43,49,50)/t22-,26-,29-,30-,32-/m0/s1. The molecule has 0 saturated heterocycles. The number of carbonyl (C=O) groups excluding carboxylic acids is 5. The third-order valence-corrected chi connectivity index (χ3v) is 8.66. The van der Waals surface area contributed by atoms with E-state index in [9.17, 15) is 49.3 Å². The molecular weight excluding hydrogens is 746 g/mol. The first-order valence-electron chi connectivity index (χ1n) is 18.2. The van der Waals surface area contributed by atoms with Crippen LogP contribution in [0.3, 0.4) is 0 Å². The molecule has 20 heteroatoms. The second-order valence-electron chi connectivity index (χ2n) is 14.8. The Morgan fingerprint density at radius 1 is 1.02 bits per heavy atom. The summed E-state index contributed by atoms with van der Waals surface area (Å²) >= 11 is 0. The third kappa shape index (κ3) is 13.2. The van der Waals surface area contributed by atoms with Gasteiger partial charge in [-0.1, -0.05) is 40.2 Å². The van der Waals surface area contributed by atoms with Crippen molar-refractivity contribution in [2.24, 2.45) is 11.8 Å².